The Hall–Kier alpha value is -6.33. The molecular formula is C54H72N16O5. The predicted molar refractivity (Wildman–Crippen MR) is 288 cm³/mol. The van der Waals surface area contributed by atoms with Gasteiger partial charge in [0.2, 0.25) is 11.9 Å². The largest absolute Gasteiger partial charge is 0.456 e. The molecule has 0 amide bonds. The molecule has 0 unspecified atom stereocenters. The fourth-order valence-corrected chi connectivity index (χ4v) is 10.7. The van der Waals surface area contributed by atoms with Crippen LogP contribution in [0.15, 0.2) is 61.2 Å². The van der Waals surface area contributed by atoms with Crippen molar-refractivity contribution in [3.8, 4) is 0 Å². The van der Waals surface area contributed by atoms with Gasteiger partial charge in [-0.15, -0.1) is 0 Å². The first-order valence-corrected chi connectivity index (χ1v) is 26.7. The molecule has 4 aliphatic heterocycles. The minimum Gasteiger partial charge on any atom is -0.456 e. The number of anilines is 6. The first kappa shape index (κ1) is 52.1. The van der Waals surface area contributed by atoms with E-state index in [4.69, 9.17) is 34.6 Å². The first-order chi connectivity index (χ1) is 36.4. The van der Waals surface area contributed by atoms with Gasteiger partial charge >= 0.3 is 5.97 Å². The number of aliphatic hydroxyl groups excluding tert-OH is 3. The second-order valence-corrected chi connectivity index (χ2v) is 21.1. The summed E-state index contributed by atoms with van der Waals surface area (Å²) in [5, 5.41) is 37.3. The van der Waals surface area contributed by atoms with Crippen molar-refractivity contribution in [2.75, 3.05) is 119 Å². The van der Waals surface area contributed by atoms with Crippen molar-refractivity contribution in [3.63, 3.8) is 0 Å². The van der Waals surface area contributed by atoms with Crippen LogP contribution in [0.5, 0.6) is 0 Å². The second-order valence-electron chi connectivity index (χ2n) is 21.1. The molecule has 75 heavy (non-hydrogen) atoms. The summed E-state index contributed by atoms with van der Waals surface area (Å²) < 4.78 is 6.25. The molecule has 4 saturated heterocycles. The number of ether oxygens (including phenoxy) is 1. The lowest BCUT2D eigenvalue weighted by Crippen LogP contribution is -2.46. The number of aromatic nitrogens is 8. The van der Waals surface area contributed by atoms with Crippen LogP contribution in [0.4, 0.5) is 35.2 Å². The van der Waals surface area contributed by atoms with E-state index >= 15 is 0 Å². The number of carbonyl (C=O) groups excluding carboxylic acids is 1. The van der Waals surface area contributed by atoms with E-state index < -0.39 is 12.2 Å². The van der Waals surface area contributed by atoms with Gasteiger partial charge < -0.3 is 40.5 Å². The van der Waals surface area contributed by atoms with E-state index in [9.17, 15) is 20.1 Å². The van der Waals surface area contributed by atoms with Crippen molar-refractivity contribution < 1.29 is 24.9 Å². The third-order valence-electron chi connectivity index (χ3n) is 15.3. The highest BCUT2D eigenvalue weighted by molar-refractivity contribution is 5.91. The minimum absolute atomic E-state index is 0.157. The van der Waals surface area contributed by atoms with E-state index in [1.165, 1.54) is 0 Å². The van der Waals surface area contributed by atoms with E-state index in [0.29, 0.717) is 84.2 Å². The third-order valence-corrected chi connectivity index (χ3v) is 15.3. The summed E-state index contributed by atoms with van der Waals surface area (Å²) in [6.45, 7) is 20.9. The van der Waals surface area contributed by atoms with Gasteiger partial charge in [-0.1, -0.05) is 12.1 Å². The topological polar surface area (TPSA) is 234 Å². The van der Waals surface area contributed by atoms with Crippen molar-refractivity contribution in [1.82, 2.24) is 59.5 Å². The van der Waals surface area contributed by atoms with Gasteiger partial charge in [-0.2, -0.15) is 0 Å². The number of fused-ring (bicyclic) bond motifs is 2. The van der Waals surface area contributed by atoms with Gasteiger partial charge in [0.25, 0.3) is 0 Å². The number of esters is 1. The number of β-amino-alcohol motifs (C(OH)–C–C–N with tert-alkyl or cyclic N) is 2. The van der Waals surface area contributed by atoms with Gasteiger partial charge in [0.1, 0.15) is 28.8 Å². The summed E-state index contributed by atoms with van der Waals surface area (Å²) in [6.07, 6.45) is 8.99. The molecule has 21 nitrogen and oxygen atoms in total. The number of rotatable bonds is 18. The summed E-state index contributed by atoms with van der Waals surface area (Å²) >= 11 is 0. The van der Waals surface area contributed by atoms with E-state index in [-0.39, 0.29) is 30.6 Å². The van der Waals surface area contributed by atoms with Gasteiger partial charge in [-0.05, 0) is 88.8 Å². The summed E-state index contributed by atoms with van der Waals surface area (Å²) in [6, 6.07) is 11.8. The molecule has 4 fully saturated rings. The standard InChI is InChI=1S/C54H72N16O5/c1-36(73)43-28-41-32-57-52(61-45-8-6-38(30-55-45)34-67-20-16-65(17-21-67)24-26-71)63-47(41)49(59-43)69-14-10-40(11-15-69)51(74)75-37(2)44-29-42-33-58-53(64-48(42)50(60-44)70-13-5-12-54(70,3)4)62-46-9-7-39(31-56-46)35-68-22-18-66(19-23-68)25-27-72/h6-9,28-33,36-37,40,71-73H,5,10-27,34-35H2,1-4H3,(H,55,57,61,63)(H,56,58,62,64)/t36-,37-/m1/s1. The van der Waals surface area contributed by atoms with Gasteiger partial charge in [0, 0.05) is 139 Å². The van der Waals surface area contributed by atoms with Crippen LogP contribution < -0.4 is 20.4 Å². The third kappa shape index (κ3) is 12.5. The molecule has 6 aromatic rings. The van der Waals surface area contributed by atoms with Gasteiger partial charge in [0.05, 0.1) is 36.6 Å². The van der Waals surface area contributed by atoms with Crippen LogP contribution in [-0.2, 0) is 22.6 Å². The maximum absolute atomic E-state index is 14.0. The molecule has 0 radical (unpaired) electrons. The van der Waals surface area contributed by atoms with Crippen LogP contribution in [0.1, 0.15) is 88.1 Å². The van der Waals surface area contributed by atoms with Crippen LogP contribution >= 0.6 is 0 Å². The molecule has 5 N–H and O–H groups in total. The number of piperidine rings is 1. The number of hydrogen-bond donors (Lipinski definition) is 5. The predicted octanol–water partition coefficient (Wildman–Crippen LogP) is 4.81. The average molecular weight is 1030 g/mol. The summed E-state index contributed by atoms with van der Waals surface area (Å²) in [4.78, 5) is 66.6. The summed E-state index contributed by atoms with van der Waals surface area (Å²) in [5.74, 6) is 2.81. The second kappa shape index (κ2) is 23.3. The van der Waals surface area contributed by atoms with E-state index in [2.05, 4.69) is 76.0 Å². The molecule has 0 spiro atoms. The van der Waals surface area contributed by atoms with Gasteiger partial charge in [0.15, 0.2) is 11.6 Å². The molecule has 21 heteroatoms. The number of piperazine rings is 2. The van der Waals surface area contributed by atoms with Crippen molar-refractivity contribution in [3.05, 3.63) is 83.7 Å². The van der Waals surface area contributed by atoms with Crippen molar-refractivity contribution in [1.29, 1.82) is 0 Å². The highest BCUT2D eigenvalue weighted by Gasteiger charge is 2.36. The normalized spacial score (nSPS) is 19.2. The Kier molecular flexibility index (Phi) is 16.2. The number of hydrogen-bond acceptors (Lipinski definition) is 21. The maximum Gasteiger partial charge on any atom is 0.309 e. The van der Waals surface area contributed by atoms with Gasteiger partial charge in [-0.3, -0.25) is 24.4 Å². The highest BCUT2D eigenvalue weighted by atomic mass is 16.5. The lowest BCUT2D eigenvalue weighted by atomic mass is 9.96. The Labute approximate surface area is 438 Å². The highest BCUT2D eigenvalue weighted by Crippen LogP contribution is 2.38. The Bertz CT molecular complexity index is 2890. The number of aliphatic hydroxyl groups is 3. The number of nitrogens with one attached hydrogen (secondary N) is 2. The Balaban J connectivity index is 0.787. The molecule has 0 aliphatic carbocycles. The fourth-order valence-electron chi connectivity index (χ4n) is 10.7. The smallest absolute Gasteiger partial charge is 0.309 e. The number of pyridine rings is 4. The van der Waals surface area contributed by atoms with E-state index in [1.807, 2.05) is 43.6 Å². The van der Waals surface area contributed by atoms with E-state index in [1.54, 1.807) is 19.3 Å². The number of nitrogens with zero attached hydrogens (tertiary/aromatic N) is 14. The number of carbonyl (C=O) groups is 1. The van der Waals surface area contributed by atoms with Crippen molar-refractivity contribution in [2.24, 2.45) is 5.92 Å². The van der Waals surface area contributed by atoms with Crippen LogP contribution in [0.3, 0.4) is 0 Å². The summed E-state index contributed by atoms with van der Waals surface area (Å²) in [5.41, 5.74) is 4.58. The minimum atomic E-state index is -0.805. The molecule has 10 rings (SSSR count). The Morgan fingerprint density at radius 2 is 1.16 bits per heavy atom. The quantitative estimate of drug-likeness (QED) is 0.0727. The summed E-state index contributed by atoms with van der Waals surface area (Å²) in [7, 11) is 0. The Morgan fingerprint density at radius 1 is 0.653 bits per heavy atom. The molecule has 398 valence electrons. The molecule has 2 atom stereocenters. The zero-order valence-corrected chi connectivity index (χ0v) is 43.8. The molecule has 6 aromatic heterocycles. The van der Waals surface area contributed by atoms with Crippen molar-refractivity contribution >= 4 is 62.9 Å². The van der Waals surface area contributed by atoms with Gasteiger partial charge in [-0.25, -0.2) is 39.9 Å². The lowest BCUT2D eigenvalue weighted by Gasteiger charge is -2.34. The lowest BCUT2D eigenvalue weighted by molar-refractivity contribution is -0.154. The average Bonchev–Trinajstić information content (AvgIpc) is 3.78. The van der Waals surface area contributed by atoms with Crippen LogP contribution in [0, 0.1) is 5.92 Å². The van der Waals surface area contributed by atoms with Crippen LogP contribution in [0.25, 0.3) is 21.8 Å². The molecule has 0 aromatic carbocycles. The SMILES string of the molecule is C[C@@H](O)c1cc2cnc(Nc3ccc(CN4CCN(CCO)CC4)cn3)nc2c(N2CCC(C(=O)O[C@H](C)c3cc4cnc(Nc5ccc(CN6CCN(CCO)CC6)cn5)nc4c(N4CCCC4(C)C)n3)CC2)n1. The molecule has 0 bridgehead atoms. The maximum atomic E-state index is 14.0. The monoisotopic (exact) mass is 1020 g/mol. The fraction of sp³-hybridized carbons (Fsp3) is 0.537. The zero-order valence-electron chi connectivity index (χ0n) is 43.8. The Morgan fingerprint density at radius 3 is 1.64 bits per heavy atom. The molecule has 0 saturated carbocycles. The van der Waals surface area contributed by atoms with Crippen LogP contribution in [0.2, 0.25) is 0 Å². The zero-order chi connectivity index (χ0) is 52.1. The molecule has 4 aliphatic rings. The first-order valence-electron chi connectivity index (χ1n) is 26.7. The van der Waals surface area contributed by atoms with Crippen LogP contribution in [-0.4, -0.2) is 185 Å². The van der Waals surface area contributed by atoms with E-state index in [0.717, 1.165) is 119 Å². The van der Waals surface area contributed by atoms with Crippen molar-refractivity contribution in [2.45, 2.75) is 84.2 Å². The molecule has 10 heterocycles. The molecular weight excluding hydrogens is 953 g/mol.